The molecule has 1 aliphatic heterocycles. The van der Waals surface area contributed by atoms with Crippen molar-refractivity contribution in [2.45, 2.75) is 38.1 Å². The van der Waals surface area contributed by atoms with Gasteiger partial charge in [-0.05, 0) is 38.0 Å². The number of hydrogen-bond acceptors (Lipinski definition) is 4. The van der Waals surface area contributed by atoms with Gasteiger partial charge in [-0.3, -0.25) is 9.59 Å². The Morgan fingerprint density at radius 2 is 2.04 bits per heavy atom. The SMILES string of the molecule is CC1(N)CCCCC1C(=O)Nc1cccc(C(=O)N2CCSCC2)c1. The second-order valence-electron chi connectivity index (χ2n) is 7.28. The summed E-state index contributed by atoms with van der Waals surface area (Å²) in [6.45, 7) is 3.53. The summed E-state index contributed by atoms with van der Waals surface area (Å²) in [6, 6.07) is 7.24. The Hall–Kier alpha value is -1.53. The van der Waals surface area contributed by atoms with E-state index < -0.39 is 5.54 Å². The minimum absolute atomic E-state index is 0.0383. The lowest BCUT2D eigenvalue weighted by atomic mass is 9.74. The van der Waals surface area contributed by atoms with Gasteiger partial charge < -0.3 is 16.0 Å². The second kappa shape index (κ2) is 7.79. The molecule has 0 aromatic heterocycles. The molecule has 3 N–H and O–H groups in total. The van der Waals surface area contributed by atoms with Gasteiger partial charge in [0.25, 0.3) is 5.91 Å². The van der Waals surface area contributed by atoms with Gasteiger partial charge in [-0.15, -0.1) is 0 Å². The van der Waals surface area contributed by atoms with Crippen molar-refractivity contribution in [2.24, 2.45) is 11.7 Å². The second-order valence-corrected chi connectivity index (χ2v) is 8.50. The van der Waals surface area contributed by atoms with Gasteiger partial charge >= 0.3 is 0 Å². The van der Waals surface area contributed by atoms with E-state index in [1.807, 2.05) is 41.8 Å². The molecule has 1 heterocycles. The van der Waals surface area contributed by atoms with Crippen LogP contribution in [0.2, 0.25) is 0 Å². The Morgan fingerprint density at radius 3 is 2.76 bits per heavy atom. The molecule has 6 heteroatoms. The zero-order valence-corrected chi connectivity index (χ0v) is 15.6. The van der Waals surface area contributed by atoms with Crippen LogP contribution in [-0.4, -0.2) is 46.8 Å². The predicted octanol–water partition coefficient (Wildman–Crippen LogP) is 2.72. The molecule has 1 aliphatic carbocycles. The van der Waals surface area contributed by atoms with Gasteiger partial charge in [-0.2, -0.15) is 11.8 Å². The van der Waals surface area contributed by atoms with Crippen LogP contribution in [0.5, 0.6) is 0 Å². The highest BCUT2D eigenvalue weighted by Gasteiger charge is 2.37. The summed E-state index contributed by atoms with van der Waals surface area (Å²) < 4.78 is 0. The number of carbonyl (C=O) groups excluding carboxylic acids is 2. The van der Waals surface area contributed by atoms with Crippen LogP contribution in [0.3, 0.4) is 0 Å². The first-order valence-corrected chi connectivity index (χ1v) is 10.2. The Balaban J connectivity index is 1.69. The van der Waals surface area contributed by atoms with Crippen molar-refractivity contribution in [3.63, 3.8) is 0 Å². The third kappa shape index (κ3) is 4.36. The van der Waals surface area contributed by atoms with Gasteiger partial charge in [0.15, 0.2) is 0 Å². The van der Waals surface area contributed by atoms with E-state index in [2.05, 4.69) is 5.32 Å². The van der Waals surface area contributed by atoms with Crippen molar-refractivity contribution in [2.75, 3.05) is 29.9 Å². The first-order valence-electron chi connectivity index (χ1n) is 9.04. The highest BCUT2D eigenvalue weighted by Crippen LogP contribution is 2.32. The highest BCUT2D eigenvalue weighted by atomic mass is 32.2. The van der Waals surface area contributed by atoms with Crippen LogP contribution in [0.1, 0.15) is 43.0 Å². The van der Waals surface area contributed by atoms with Gasteiger partial charge in [-0.25, -0.2) is 0 Å². The van der Waals surface area contributed by atoms with Gasteiger partial charge in [0.2, 0.25) is 5.91 Å². The molecule has 0 bridgehead atoms. The molecule has 2 unspecified atom stereocenters. The molecule has 136 valence electrons. The molecule has 2 atom stereocenters. The van der Waals surface area contributed by atoms with Gasteiger partial charge in [-0.1, -0.05) is 18.9 Å². The van der Waals surface area contributed by atoms with Crippen LogP contribution in [0.4, 0.5) is 5.69 Å². The Morgan fingerprint density at radius 1 is 1.28 bits per heavy atom. The van der Waals surface area contributed by atoms with Crippen molar-refractivity contribution in [3.05, 3.63) is 29.8 Å². The summed E-state index contributed by atoms with van der Waals surface area (Å²) in [5.74, 6) is 1.79. The third-order valence-electron chi connectivity index (χ3n) is 5.25. The largest absolute Gasteiger partial charge is 0.337 e. The number of anilines is 1. The molecular formula is C19H27N3O2S. The number of nitrogens with zero attached hydrogens (tertiary/aromatic N) is 1. The zero-order valence-electron chi connectivity index (χ0n) is 14.8. The van der Waals surface area contributed by atoms with E-state index in [1.54, 1.807) is 6.07 Å². The fraction of sp³-hybridized carbons (Fsp3) is 0.579. The number of rotatable bonds is 3. The lowest BCUT2D eigenvalue weighted by molar-refractivity contribution is -0.122. The maximum absolute atomic E-state index is 12.7. The Labute approximate surface area is 153 Å². The summed E-state index contributed by atoms with van der Waals surface area (Å²) in [7, 11) is 0. The smallest absolute Gasteiger partial charge is 0.253 e. The monoisotopic (exact) mass is 361 g/mol. The molecular weight excluding hydrogens is 334 g/mol. The molecule has 1 aromatic rings. The Bertz CT molecular complexity index is 641. The van der Waals surface area contributed by atoms with Crippen molar-refractivity contribution >= 4 is 29.3 Å². The third-order valence-corrected chi connectivity index (χ3v) is 6.19. The molecule has 5 nitrogen and oxygen atoms in total. The molecule has 2 fully saturated rings. The quantitative estimate of drug-likeness (QED) is 0.868. The molecule has 1 aromatic carbocycles. The summed E-state index contributed by atoms with van der Waals surface area (Å²) in [5.41, 5.74) is 7.17. The van der Waals surface area contributed by atoms with Crippen LogP contribution >= 0.6 is 11.8 Å². The maximum Gasteiger partial charge on any atom is 0.253 e. The zero-order chi connectivity index (χ0) is 17.9. The minimum atomic E-state index is -0.457. The first kappa shape index (κ1) is 18.3. The van der Waals surface area contributed by atoms with E-state index >= 15 is 0 Å². The van der Waals surface area contributed by atoms with Gasteiger partial charge in [0.05, 0.1) is 5.92 Å². The lowest BCUT2D eigenvalue weighted by Crippen LogP contribution is -2.51. The fourth-order valence-electron chi connectivity index (χ4n) is 3.70. The molecule has 2 aliphatic rings. The lowest BCUT2D eigenvalue weighted by Gasteiger charge is -2.37. The minimum Gasteiger partial charge on any atom is -0.337 e. The molecule has 25 heavy (non-hydrogen) atoms. The summed E-state index contributed by atoms with van der Waals surface area (Å²) in [6.07, 6.45) is 3.81. The predicted molar refractivity (Wildman–Crippen MR) is 103 cm³/mol. The van der Waals surface area contributed by atoms with E-state index in [0.29, 0.717) is 11.3 Å². The molecule has 0 spiro atoms. The van der Waals surface area contributed by atoms with E-state index in [9.17, 15) is 9.59 Å². The van der Waals surface area contributed by atoms with Crippen LogP contribution < -0.4 is 11.1 Å². The summed E-state index contributed by atoms with van der Waals surface area (Å²) >= 11 is 1.88. The van der Waals surface area contributed by atoms with Gasteiger partial charge in [0, 0.05) is 41.4 Å². The molecule has 1 saturated carbocycles. The van der Waals surface area contributed by atoms with E-state index in [-0.39, 0.29) is 17.7 Å². The first-order chi connectivity index (χ1) is 12.0. The number of benzene rings is 1. The fourth-order valence-corrected chi connectivity index (χ4v) is 4.60. The molecule has 1 saturated heterocycles. The summed E-state index contributed by atoms with van der Waals surface area (Å²) in [4.78, 5) is 27.2. The van der Waals surface area contributed by atoms with Crippen LogP contribution in [0.15, 0.2) is 24.3 Å². The van der Waals surface area contributed by atoms with Crippen molar-refractivity contribution < 1.29 is 9.59 Å². The number of hydrogen-bond donors (Lipinski definition) is 2. The highest BCUT2D eigenvalue weighted by molar-refractivity contribution is 7.99. The number of nitrogens with one attached hydrogen (secondary N) is 1. The van der Waals surface area contributed by atoms with E-state index in [4.69, 9.17) is 5.73 Å². The van der Waals surface area contributed by atoms with Crippen molar-refractivity contribution in [3.8, 4) is 0 Å². The average Bonchev–Trinajstić information content (AvgIpc) is 2.61. The number of amides is 2. The number of thioether (sulfide) groups is 1. The normalized spacial score (nSPS) is 27.0. The van der Waals surface area contributed by atoms with Crippen LogP contribution in [-0.2, 0) is 4.79 Å². The molecule has 3 rings (SSSR count). The van der Waals surface area contributed by atoms with Crippen LogP contribution in [0, 0.1) is 5.92 Å². The maximum atomic E-state index is 12.7. The van der Waals surface area contributed by atoms with Crippen molar-refractivity contribution in [1.29, 1.82) is 0 Å². The average molecular weight is 362 g/mol. The van der Waals surface area contributed by atoms with Crippen LogP contribution in [0.25, 0.3) is 0 Å². The van der Waals surface area contributed by atoms with Crippen molar-refractivity contribution in [1.82, 2.24) is 4.90 Å². The van der Waals surface area contributed by atoms with E-state index in [0.717, 1.165) is 50.3 Å². The van der Waals surface area contributed by atoms with Gasteiger partial charge in [0.1, 0.15) is 0 Å². The summed E-state index contributed by atoms with van der Waals surface area (Å²) in [5, 5.41) is 2.97. The topological polar surface area (TPSA) is 75.4 Å². The molecule has 2 amide bonds. The number of nitrogens with two attached hydrogens (primary N) is 1. The van der Waals surface area contributed by atoms with E-state index in [1.165, 1.54) is 0 Å². The number of carbonyl (C=O) groups is 2. The Kier molecular flexibility index (Phi) is 5.69. The molecule has 0 radical (unpaired) electrons. The standard InChI is InChI=1S/C19H27N3O2S/c1-19(20)8-3-2-7-16(19)17(23)21-15-6-4-5-14(13-15)18(24)22-9-11-25-12-10-22/h4-6,13,16H,2-3,7-12,20H2,1H3,(H,21,23).